The second-order valence-corrected chi connectivity index (χ2v) is 3.75. The van der Waals surface area contributed by atoms with Crippen molar-refractivity contribution >= 4 is 11.9 Å². The van der Waals surface area contributed by atoms with Crippen LogP contribution in [0.2, 0.25) is 0 Å². The Bertz CT molecular complexity index is 682. The predicted molar refractivity (Wildman–Crippen MR) is 65.9 cm³/mol. The maximum Gasteiger partial charge on any atom is 0.358 e. The lowest BCUT2D eigenvalue weighted by atomic mass is 10.2. The molecule has 1 aromatic carbocycles. The number of phenolic OH excluding ortho intramolecular Hbond substituents is 2. The molecule has 0 aliphatic rings. The van der Waals surface area contributed by atoms with Gasteiger partial charge in [0, 0.05) is 6.20 Å². The highest BCUT2D eigenvalue weighted by Gasteiger charge is 2.19. The van der Waals surface area contributed by atoms with Gasteiger partial charge in [-0.3, -0.25) is 0 Å². The lowest BCUT2D eigenvalue weighted by molar-refractivity contribution is 0.0674. The van der Waals surface area contributed by atoms with Gasteiger partial charge >= 0.3 is 11.9 Å². The minimum atomic E-state index is -1.35. The minimum Gasteiger partial charge on any atom is -0.508 e. The summed E-state index contributed by atoms with van der Waals surface area (Å²) < 4.78 is 4.88. The molecule has 2 rings (SSSR count). The van der Waals surface area contributed by atoms with Crippen LogP contribution in [0.1, 0.15) is 20.8 Å². The molecule has 7 nitrogen and oxygen atoms in total. The first-order chi connectivity index (χ1) is 9.49. The number of carboxylic acids is 1. The Morgan fingerprint density at radius 1 is 1.15 bits per heavy atom. The van der Waals surface area contributed by atoms with Crippen LogP contribution < -0.4 is 4.74 Å². The third-order valence-electron chi connectivity index (χ3n) is 2.38. The predicted octanol–water partition coefficient (Wildman–Crippen LogP) is 1.41. The Morgan fingerprint density at radius 2 is 1.90 bits per heavy atom. The van der Waals surface area contributed by atoms with Gasteiger partial charge in [0.15, 0.2) is 11.4 Å². The number of hydrogen-bond acceptors (Lipinski definition) is 6. The number of phenols is 2. The van der Waals surface area contributed by atoms with E-state index >= 15 is 0 Å². The van der Waals surface area contributed by atoms with Crippen LogP contribution in [-0.2, 0) is 0 Å². The molecule has 0 saturated carbocycles. The van der Waals surface area contributed by atoms with Crippen molar-refractivity contribution in [3.8, 4) is 17.2 Å². The van der Waals surface area contributed by atoms with E-state index in [1.807, 2.05) is 0 Å². The van der Waals surface area contributed by atoms with Gasteiger partial charge in [0.2, 0.25) is 0 Å². The monoisotopic (exact) mass is 275 g/mol. The largest absolute Gasteiger partial charge is 0.508 e. The molecule has 2 aromatic rings. The highest BCUT2D eigenvalue weighted by atomic mass is 16.5. The van der Waals surface area contributed by atoms with Crippen molar-refractivity contribution in [2.24, 2.45) is 0 Å². The number of carboxylic acid groups (broad SMARTS) is 1. The van der Waals surface area contributed by atoms with Crippen LogP contribution >= 0.6 is 0 Å². The molecule has 1 heterocycles. The fourth-order valence-electron chi connectivity index (χ4n) is 1.48. The number of ether oxygens (including phenoxy) is 1. The van der Waals surface area contributed by atoms with E-state index in [4.69, 9.17) is 9.84 Å². The van der Waals surface area contributed by atoms with Gasteiger partial charge in [0.05, 0.1) is 0 Å². The van der Waals surface area contributed by atoms with Crippen molar-refractivity contribution < 1.29 is 29.6 Å². The summed E-state index contributed by atoms with van der Waals surface area (Å²) in [6, 6.07) is 5.98. The molecule has 7 heteroatoms. The fourth-order valence-corrected chi connectivity index (χ4v) is 1.48. The maximum absolute atomic E-state index is 11.8. The van der Waals surface area contributed by atoms with Crippen molar-refractivity contribution in [1.29, 1.82) is 0 Å². The van der Waals surface area contributed by atoms with Crippen molar-refractivity contribution in [2.75, 3.05) is 0 Å². The number of aromatic nitrogens is 1. The second-order valence-electron chi connectivity index (χ2n) is 3.75. The summed E-state index contributed by atoms with van der Waals surface area (Å²) in [6.45, 7) is 0. The van der Waals surface area contributed by atoms with Gasteiger partial charge in [-0.05, 0) is 30.3 Å². The number of aromatic carboxylic acids is 1. The van der Waals surface area contributed by atoms with E-state index in [0.717, 1.165) is 12.1 Å². The Morgan fingerprint density at radius 3 is 2.60 bits per heavy atom. The highest BCUT2D eigenvalue weighted by molar-refractivity contribution is 5.96. The number of hydrogen-bond donors (Lipinski definition) is 3. The molecule has 0 aliphatic carbocycles. The van der Waals surface area contributed by atoms with E-state index in [1.165, 1.54) is 24.4 Å². The van der Waals surface area contributed by atoms with Crippen LogP contribution in [0.5, 0.6) is 17.2 Å². The number of nitrogens with zero attached hydrogens (tertiary/aromatic N) is 1. The molecule has 3 N–H and O–H groups in total. The van der Waals surface area contributed by atoms with Crippen LogP contribution in [0.15, 0.2) is 36.5 Å². The van der Waals surface area contributed by atoms with Gasteiger partial charge in [0.25, 0.3) is 0 Å². The minimum absolute atomic E-state index is 0.237. The maximum atomic E-state index is 11.8. The molecule has 0 bridgehead atoms. The van der Waals surface area contributed by atoms with Crippen molar-refractivity contribution in [3.63, 3.8) is 0 Å². The van der Waals surface area contributed by atoms with Crippen LogP contribution in [0.3, 0.4) is 0 Å². The molecule has 20 heavy (non-hydrogen) atoms. The highest BCUT2D eigenvalue weighted by Crippen LogP contribution is 2.24. The van der Waals surface area contributed by atoms with Crippen LogP contribution in [0.25, 0.3) is 0 Å². The smallest absolute Gasteiger partial charge is 0.358 e. The van der Waals surface area contributed by atoms with Gasteiger partial charge in [-0.2, -0.15) is 0 Å². The van der Waals surface area contributed by atoms with E-state index in [1.54, 1.807) is 0 Å². The first kappa shape index (κ1) is 13.3. The average Bonchev–Trinajstić information content (AvgIpc) is 2.41. The zero-order valence-electron chi connectivity index (χ0n) is 9.98. The number of carbonyl (C=O) groups is 2. The lowest BCUT2D eigenvalue weighted by Crippen LogP contribution is -2.12. The van der Waals surface area contributed by atoms with E-state index < -0.39 is 23.4 Å². The molecule has 0 radical (unpaired) electrons. The number of carbonyl (C=O) groups excluding carboxylic acids is 1. The van der Waals surface area contributed by atoms with E-state index in [2.05, 4.69) is 4.98 Å². The summed E-state index contributed by atoms with van der Waals surface area (Å²) in [7, 11) is 0. The van der Waals surface area contributed by atoms with Gasteiger partial charge in [0.1, 0.15) is 17.1 Å². The number of benzene rings is 1. The third kappa shape index (κ3) is 2.66. The lowest BCUT2D eigenvalue weighted by Gasteiger charge is -2.07. The van der Waals surface area contributed by atoms with E-state index in [9.17, 15) is 19.8 Å². The topological polar surface area (TPSA) is 117 Å². The molecule has 102 valence electrons. The van der Waals surface area contributed by atoms with E-state index in [-0.39, 0.29) is 17.1 Å². The SMILES string of the molecule is O=C(Oc1cccnc1C(=O)O)c1cc(O)ccc1O. The van der Waals surface area contributed by atoms with Crippen LogP contribution in [-0.4, -0.2) is 32.2 Å². The molecule has 0 saturated heterocycles. The standard InChI is InChI=1S/C13H9NO6/c15-7-3-4-9(16)8(6-7)13(19)20-10-2-1-5-14-11(10)12(17)18/h1-6,15-16H,(H,17,18). The summed E-state index contributed by atoms with van der Waals surface area (Å²) >= 11 is 0. The van der Waals surface area contributed by atoms with Crippen molar-refractivity contribution in [1.82, 2.24) is 4.98 Å². The Labute approximate surface area is 112 Å². The molecular formula is C13H9NO6. The summed E-state index contributed by atoms with van der Waals surface area (Å²) in [5.74, 6) is -3.25. The molecule has 0 aliphatic heterocycles. The number of rotatable bonds is 3. The number of pyridine rings is 1. The summed E-state index contributed by atoms with van der Waals surface area (Å²) in [5, 5.41) is 27.7. The Balaban J connectivity index is 2.33. The molecule has 0 atom stereocenters. The van der Waals surface area contributed by atoms with Crippen molar-refractivity contribution in [3.05, 3.63) is 47.8 Å². The first-order valence-corrected chi connectivity index (χ1v) is 5.41. The molecule has 0 fully saturated rings. The van der Waals surface area contributed by atoms with Crippen molar-refractivity contribution in [2.45, 2.75) is 0 Å². The summed E-state index contributed by atoms with van der Waals surface area (Å²) in [6.07, 6.45) is 1.24. The second kappa shape index (κ2) is 5.27. The molecule has 1 aromatic heterocycles. The molecule has 0 spiro atoms. The van der Waals surface area contributed by atoms with Gasteiger partial charge in [-0.25, -0.2) is 14.6 Å². The molecular weight excluding hydrogens is 266 g/mol. The summed E-state index contributed by atoms with van der Waals surface area (Å²) in [4.78, 5) is 26.3. The fraction of sp³-hybridized carbons (Fsp3) is 0. The third-order valence-corrected chi connectivity index (χ3v) is 2.38. The normalized spacial score (nSPS) is 10.0. The van der Waals surface area contributed by atoms with E-state index in [0.29, 0.717) is 0 Å². The van der Waals surface area contributed by atoms with Gasteiger partial charge < -0.3 is 20.1 Å². The average molecular weight is 275 g/mol. The number of aromatic hydroxyl groups is 2. The Hall–Kier alpha value is -3.09. The first-order valence-electron chi connectivity index (χ1n) is 5.41. The Kier molecular flexibility index (Phi) is 3.52. The van der Waals surface area contributed by atoms with Gasteiger partial charge in [-0.15, -0.1) is 0 Å². The zero-order valence-corrected chi connectivity index (χ0v) is 9.98. The number of esters is 1. The zero-order chi connectivity index (χ0) is 14.7. The van der Waals surface area contributed by atoms with Crippen LogP contribution in [0, 0.1) is 0 Å². The quantitative estimate of drug-likeness (QED) is 0.572. The summed E-state index contributed by atoms with van der Waals surface area (Å²) in [5.41, 5.74) is -0.717. The van der Waals surface area contributed by atoms with Crippen LogP contribution in [0.4, 0.5) is 0 Å². The molecule has 0 amide bonds. The van der Waals surface area contributed by atoms with Gasteiger partial charge in [-0.1, -0.05) is 0 Å². The molecule has 0 unspecified atom stereocenters.